The van der Waals surface area contributed by atoms with E-state index in [0.717, 1.165) is 0 Å². The summed E-state index contributed by atoms with van der Waals surface area (Å²) in [5, 5.41) is 0. The van der Waals surface area contributed by atoms with Crippen LogP contribution in [0.1, 0.15) is 5.56 Å². The molecule has 78 valence electrons. The van der Waals surface area contributed by atoms with Crippen LogP contribution < -0.4 is 10.2 Å². The molecule has 0 aliphatic heterocycles. The summed E-state index contributed by atoms with van der Waals surface area (Å²) in [6.07, 6.45) is 0. The van der Waals surface area contributed by atoms with E-state index in [1.807, 2.05) is 19.6 Å². The topological polar surface area (TPSA) is 35.2 Å². The average molecular weight is 213 g/mol. The first kappa shape index (κ1) is 11.2. The van der Waals surface area contributed by atoms with Gasteiger partial charge >= 0.3 is 0 Å². The van der Waals surface area contributed by atoms with Crippen molar-refractivity contribution < 1.29 is 8.82 Å². The number of nitrogens with two attached hydrogens (primary N) is 1. The second-order valence-electron chi connectivity index (χ2n) is 4.15. The second kappa shape index (κ2) is 4.10. The lowest BCUT2D eigenvalue weighted by Gasteiger charge is -2.20. The van der Waals surface area contributed by atoms with Crippen molar-refractivity contribution >= 4 is 8.32 Å². The summed E-state index contributed by atoms with van der Waals surface area (Å²) >= 11 is 0. The summed E-state index contributed by atoms with van der Waals surface area (Å²) in [4.78, 5) is 0. The van der Waals surface area contributed by atoms with Crippen LogP contribution in [0.4, 0.5) is 4.39 Å². The Hall–Kier alpha value is -0.873. The fourth-order valence-electron chi connectivity index (χ4n) is 1.12. The molecule has 0 atom stereocenters. The number of hydrogen-bond donors (Lipinski definition) is 1. The van der Waals surface area contributed by atoms with Gasteiger partial charge in [-0.3, -0.25) is 0 Å². The Morgan fingerprint density at radius 2 is 2.00 bits per heavy atom. The predicted octanol–water partition coefficient (Wildman–Crippen LogP) is 2.50. The van der Waals surface area contributed by atoms with Crippen molar-refractivity contribution in [3.8, 4) is 5.75 Å². The number of halogens is 1. The van der Waals surface area contributed by atoms with E-state index in [-0.39, 0.29) is 12.4 Å². The summed E-state index contributed by atoms with van der Waals surface area (Å²) in [5.41, 5.74) is 5.90. The van der Waals surface area contributed by atoms with Gasteiger partial charge in [-0.05, 0) is 25.7 Å². The zero-order valence-electron chi connectivity index (χ0n) is 8.80. The Labute approximate surface area is 85.0 Å². The molecule has 0 saturated heterocycles. The molecule has 0 spiro atoms. The highest BCUT2D eigenvalue weighted by atomic mass is 28.4. The van der Waals surface area contributed by atoms with E-state index in [2.05, 4.69) is 0 Å². The van der Waals surface area contributed by atoms with Gasteiger partial charge in [-0.25, -0.2) is 4.39 Å². The summed E-state index contributed by atoms with van der Waals surface area (Å²) in [6.45, 7) is 6.25. The SMILES string of the molecule is C[Si](C)(C)Oc1cccc(CN)c1F. The smallest absolute Gasteiger partial charge is 0.242 e. The van der Waals surface area contributed by atoms with Crippen LogP contribution in [0, 0.1) is 5.82 Å². The van der Waals surface area contributed by atoms with E-state index in [0.29, 0.717) is 11.3 Å². The molecular weight excluding hydrogens is 197 g/mol. The minimum atomic E-state index is -1.75. The molecule has 1 rings (SSSR count). The molecule has 4 heteroatoms. The van der Waals surface area contributed by atoms with Gasteiger partial charge in [0, 0.05) is 12.1 Å². The Morgan fingerprint density at radius 1 is 1.36 bits per heavy atom. The Bertz CT molecular complexity index is 322. The maximum atomic E-state index is 13.6. The Balaban J connectivity index is 2.98. The zero-order chi connectivity index (χ0) is 10.8. The number of benzene rings is 1. The van der Waals surface area contributed by atoms with Crippen molar-refractivity contribution in [1.29, 1.82) is 0 Å². The second-order valence-corrected chi connectivity index (χ2v) is 8.58. The third kappa shape index (κ3) is 2.82. The lowest BCUT2D eigenvalue weighted by molar-refractivity contribution is 0.489. The van der Waals surface area contributed by atoms with Crippen LogP contribution in [-0.4, -0.2) is 8.32 Å². The molecule has 0 amide bonds. The van der Waals surface area contributed by atoms with E-state index in [1.54, 1.807) is 18.2 Å². The molecular formula is C10H16FNOSi. The van der Waals surface area contributed by atoms with Crippen molar-refractivity contribution in [1.82, 2.24) is 0 Å². The van der Waals surface area contributed by atoms with Crippen molar-refractivity contribution in [3.05, 3.63) is 29.6 Å². The molecule has 1 aromatic carbocycles. The normalized spacial score (nSPS) is 11.5. The van der Waals surface area contributed by atoms with E-state index >= 15 is 0 Å². The van der Waals surface area contributed by atoms with Crippen LogP contribution in [0.2, 0.25) is 19.6 Å². The molecule has 2 nitrogen and oxygen atoms in total. The molecule has 0 aliphatic rings. The number of hydrogen-bond acceptors (Lipinski definition) is 2. The average Bonchev–Trinajstić information content (AvgIpc) is 2.06. The van der Waals surface area contributed by atoms with E-state index < -0.39 is 8.32 Å². The fraction of sp³-hybridized carbons (Fsp3) is 0.400. The monoisotopic (exact) mass is 213 g/mol. The Kier molecular flexibility index (Phi) is 3.28. The molecule has 0 radical (unpaired) electrons. The standard InChI is InChI=1S/C10H16FNOSi/c1-14(2,3)13-9-6-4-5-8(7-12)10(9)11/h4-6H,7,12H2,1-3H3. The third-order valence-electron chi connectivity index (χ3n) is 1.68. The van der Waals surface area contributed by atoms with Crippen molar-refractivity contribution in [2.75, 3.05) is 0 Å². The Morgan fingerprint density at radius 3 is 2.50 bits per heavy atom. The van der Waals surface area contributed by atoms with Gasteiger partial charge in [0.1, 0.15) is 5.75 Å². The zero-order valence-corrected chi connectivity index (χ0v) is 9.80. The molecule has 0 aliphatic carbocycles. The largest absolute Gasteiger partial charge is 0.542 e. The highest BCUT2D eigenvalue weighted by Gasteiger charge is 2.19. The minimum absolute atomic E-state index is 0.203. The van der Waals surface area contributed by atoms with Crippen molar-refractivity contribution in [3.63, 3.8) is 0 Å². The van der Waals surface area contributed by atoms with Gasteiger partial charge in [-0.15, -0.1) is 0 Å². The van der Waals surface area contributed by atoms with Crippen LogP contribution in [-0.2, 0) is 6.54 Å². The summed E-state index contributed by atoms with van der Waals surface area (Å²) in [7, 11) is -1.75. The van der Waals surface area contributed by atoms with Gasteiger partial charge in [-0.2, -0.15) is 0 Å². The van der Waals surface area contributed by atoms with Crippen molar-refractivity contribution in [2.45, 2.75) is 26.2 Å². The predicted molar refractivity (Wildman–Crippen MR) is 58.3 cm³/mol. The quantitative estimate of drug-likeness (QED) is 0.783. The maximum absolute atomic E-state index is 13.6. The van der Waals surface area contributed by atoms with E-state index in [1.165, 1.54) is 0 Å². The van der Waals surface area contributed by atoms with Crippen LogP contribution >= 0.6 is 0 Å². The molecule has 0 aromatic heterocycles. The van der Waals surface area contributed by atoms with Crippen LogP contribution in [0.3, 0.4) is 0 Å². The van der Waals surface area contributed by atoms with Gasteiger partial charge in [0.05, 0.1) is 0 Å². The first-order valence-electron chi connectivity index (χ1n) is 4.60. The summed E-state index contributed by atoms with van der Waals surface area (Å²) in [5.74, 6) is 0.00421. The van der Waals surface area contributed by atoms with E-state index in [9.17, 15) is 4.39 Å². The lowest BCUT2D eigenvalue weighted by atomic mass is 10.2. The van der Waals surface area contributed by atoms with E-state index in [4.69, 9.17) is 10.2 Å². The first-order valence-corrected chi connectivity index (χ1v) is 8.01. The van der Waals surface area contributed by atoms with Gasteiger partial charge < -0.3 is 10.2 Å². The van der Waals surface area contributed by atoms with Gasteiger partial charge in [0.25, 0.3) is 0 Å². The highest BCUT2D eigenvalue weighted by molar-refractivity contribution is 6.70. The maximum Gasteiger partial charge on any atom is 0.242 e. The minimum Gasteiger partial charge on any atom is -0.542 e. The van der Waals surface area contributed by atoms with Crippen molar-refractivity contribution in [2.24, 2.45) is 5.73 Å². The van der Waals surface area contributed by atoms with Gasteiger partial charge in [0.2, 0.25) is 8.32 Å². The first-order chi connectivity index (χ1) is 6.44. The molecule has 0 fully saturated rings. The molecule has 1 aromatic rings. The lowest BCUT2D eigenvalue weighted by Crippen LogP contribution is -2.29. The highest BCUT2D eigenvalue weighted by Crippen LogP contribution is 2.22. The molecule has 0 saturated carbocycles. The third-order valence-corrected chi connectivity index (χ3v) is 2.51. The molecule has 0 unspecified atom stereocenters. The summed E-state index contributed by atoms with van der Waals surface area (Å²) < 4.78 is 19.2. The molecule has 2 N–H and O–H groups in total. The number of rotatable bonds is 3. The van der Waals surface area contributed by atoms with Crippen LogP contribution in [0.15, 0.2) is 18.2 Å². The molecule has 0 bridgehead atoms. The van der Waals surface area contributed by atoms with Crippen LogP contribution in [0.5, 0.6) is 5.75 Å². The van der Waals surface area contributed by atoms with Gasteiger partial charge in [0.15, 0.2) is 5.82 Å². The fourth-order valence-corrected chi connectivity index (χ4v) is 1.94. The molecule has 0 heterocycles. The van der Waals surface area contributed by atoms with Crippen LogP contribution in [0.25, 0.3) is 0 Å². The summed E-state index contributed by atoms with van der Waals surface area (Å²) in [6, 6.07) is 5.08. The molecule has 14 heavy (non-hydrogen) atoms. The van der Waals surface area contributed by atoms with Gasteiger partial charge in [-0.1, -0.05) is 12.1 Å².